The van der Waals surface area contributed by atoms with Crippen LogP contribution in [0.15, 0.2) is 12.4 Å². The normalized spacial score (nSPS) is 22.9. The summed E-state index contributed by atoms with van der Waals surface area (Å²) in [6, 6.07) is 1.94. The molecule has 2 aromatic heterocycles. The molecule has 0 aromatic carbocycles. The van der Waals surface area contributed by atoms with Crippen LogP contribution in [-0.2, 0) is 6.42 Å². The second kappa shape index (κ2) is 5.42. The molecule has 0 amide bonds. The molecule has 1 aliphatic rings. The SMILES string of the molecule is N[C@@H]1CC[C@@H](Nc2ncnc3sc(CC(F)(F)F)cc23)C1. The standard InChI is InChI=1S/C13H15F3N4S/c14-13(15,16)5-9-4-10-11(18-6-19-12(10)21-9)20-8-2-1-7(17)3-8/h4,6-8H,1-3,5,17H2,(H,18,19,20)/t7-,8-/m1/s1. The number of nitrogens with zero attached hydrogens (tertiary/aromatic N) is 2. The quantitative estimate of drug-likeness (QED) is 0.913. The van der Waals surface area contributed by atoms with Gasteiger partial charge in [-0.15, -0.1) is 11.3 Å². The Bertz CT molecular complexity index is 640. The van der Waals surface area contributed by atoms with Gasteiger partial charge in [0.2, 0.25) is 0 Å². The van der Waals surface area contributed by atoms with Gasteiger partial charge in [-0.25, -0.2) is 9.97 Å². The van der Waals surface area contributed by atoms with Crippen LogP contribution in [0.3, 0.4) is 0 Å². The van der Waals surface area contributed by atoms with Crippen molar-refractivity contribution >= 4 is 27.4 Å². The fraction of sp³-hybridized carbons (Fsp3) is 0.538. The Morgan fingerprint density at radius 2 is 2.14 bits per heavy atom. The summed E-state index contributed by atoms with van der Waals surface area (Å²) >= 11 is 1.06. The molecule has 4 nitrogen and oxygen atoms in total. The number of fused-ring (bicyclic) bond motifs is 1. The maximum absolute atomic E-state index is 12.5. The van der Waals surface area contributed by atoms with E-state index in [9.17, 15) is 13.2 Å². The minimum atomic E-state index is -4.21. The van der Waals surface area contributed by atoms with Crippen LogP contribution in [0.5, 0.6) is 0 Å². The highest BCUT2D eigenvalue weighted by atomic mass is 32.1. The number of hydrogen-bond acceptors (Lipinski definition) is 5. The van der Waals surface area contributed by atoms with Crippen molar-refractivity contribution in [3.8, 4) is 0 Å². The summed E-state index contributed by atoms with van der Waals surface area (Å²) in [5, 5.41) is 3.94. The van der Waals surface area contributed by atoms with Gasteiger partial charge in [0.25, 0.3) is 0 Å². The number of rotatable bonds is 3. The fourth-order valence-corrected chi connectivity index (χ4v) is 3.67. The number of thiophene rings is 1. The molecule has 3 rings (SSSR count). The van der Waals surface area contributed by atoms with Crippen LogP contribution < -0.4 is 11.1 Å². The average Bonchev–Trinajstić information content (AvgIpc) is 2.94. The Kier molecular flexibility index (Phi) is 3.75. The monoisotopic (exact) mass is 316 g/mol. The number of alkyl halides is 3. The number of nitrogens with one attached hydrogen (secondary N) is 1. The van der Waals surface area contributed by atoms with Crippen molar-refractivity contribution in [3.63, 3.8) is 0 Å². The van der Waals surface area contributed by atoms with E-state index in [0.717, 1.165) is 30.6 Å². The number of nitrogens with two attached hydrogens (primary N) is 1. The first-order valence-corrected chi connectivity index (χ1v) is 7.54. The third kappa shape index (κ3) is 3.44. The summed E-state index contributed by atoms with van der Waals surface area (Å²) in [5.41, 5.74) is 5.87. The number of halogens is 3. The maximum Gasteiger partial charge on any atom is 0.393 e. The van der Waals surface area contributed by atoms with Crippen LogP contribution in [0, 0.1) is 0 Å². The van der Waals surface area contributed by atoms with Crippen LogP contribution >= 0.6 is 11.3 Å². The molecule has 2 aromatic rings. The lowest BCUT2D eigenvalue weighted by Crippen LogP contribution is -2.21. The Morgan fingerprint density at radius 3 is 2.81 bits per heavy atom. The second-order valence-corrected chi connectivity index (χ2v) is 6.48. The molecule has 21 heavy (non-hydrogen) atoms. The summed E-state index contributed by atoms with van der Waals surface area (Å²) in [4.78, 5) is 9.06. The molecular formula is C13H15F3N4S. The van der Waals surface area contributed by atoms with Crippen molar-refractivity contribution in [2.24, 2.45) is 5.73 Å². The summed E-state index contributed by atoms with van der Waals surface area (Å²) in [7, 11) is 0. The van der Waals surface area contributed by atoms with Gasteiger partial charge in [-0.05, 0) is 25.3 Å². The van der Waals surface area contributed by atoms with Crippen molar-refractivity contribution in [2.45, 2.75) is 43.9 Å². The highest BCUT2D eigenvalue weighted by Gasteiger charge is 2.29. The van der Waals surface area contributed by atoms with Gasteiger partial charge in [0, 0.05) is 17.0 Å². The molecule has 2 heterocycles. The lowest BCUT2D eigenvalue weighted by atomic mass is 10.2. The molecule has 0 radical (unpaired) electrons. The molecule has 1 fully saturated rings. The summed E-state index contributed by atoms with van der Waals surface area (Å²) in [6.07, 6.45) is -0.999. The largest absolute Gasteiger partial charge is 0.393 e. The van der Waals surface area contributed by atoms with Crippen LogP contribution in [0.25, 0.3) is 10.2 Å². The fourth-order valence-electron chi connectivity index (χ4n) is 2.65. The van der Waals surface area contributed by atoms with Crippen molar-refractivity contribution in [1.82, 2.24) is 9.97 Å². The van der Waals surface area contributed by atoms with E-state index in [1.807, 2.05) is 0 Å². The molecule has 114 valence electrons. The molecule has 0 aliphatic heterocycles. The van der Waals surface area contributed by atoms with Gasteiger partial charge in [-0.2, -0.15) is 13.2 Å². The lowest BCUT2D eigenvalue weighted by Gasteiger charge is -2.13. The van der Waals surface area contributed by atoms with Crippen molar-refractivity contribution < 1.29 is 13.2 Å². The van der Waals surface area contributed by atoms with E-state index in [0.29, 0.717) is 16.0 Å². The molecule has 0 saturated heterocycles. The summed E-state index contributed by atoms with van der Waals surface area (Å²) in [5.74, 6) is 0.601. The van der Waals surface area contributed by atoms with E-state index in [-0.39, 0.29) is 17.0 Å². The highest BCUT2D eigenvalue weighted by Crippen LogP contribution is 2.33. The van der Waals surface area contributed by atoms with Gasteiger partial charge in [0.15, 0.2) is 0 Å². The first-order chi connectivity index (χ1) is 9.90. The third-order valence-corrected chi connectivity index (χ3v) is 4.61. The zero-order chi connectivity index (χ0) is 15.0. The van der Waals surface area contributed by atoms with Gasteiger partial charge in [0.1, 0.15) is 17.0 Å². The Hall–Kier alpha value is -1.41. The lowest BCUT2D eigenvalue weighted by molar-refractivity contribution is -0.126. The first-order valence-electron chi connectivity index (χ1n) is 6.73. The highest BCUT2D eigenvalue weighted by molar-refractivity contribution is 7.18. The Labute approximate surface area is 123 Å². The van der Waals surface area contributed by atoms with Crippen molar-refractivity contribution in [2.75, 3.05) is 5.32 Å². The van der Waals surface area contributed by atoms with Gasteiger partial charge in [-0.1, -0.05) is 0 Å². The topological polar surface area (TPSA) is 63.8 Å². The van der Waals surface area contributed by atoms with Gasteiger partial charge in [-0.3, -0.25) is 0 Å². The zero-order valence-corrected chi connectivity index (χ0v) is 12.0. The molecule has 2 atom stereocenters. The molecule has 0 bridgehead atoms. The van der Waals surface area contributed by atoms with Gasteiger partial charge in [0.05, 0.1) is 11.8 Å². The number of hydrogen-bond donors (Lipinski definition) is 2. The summed E-state index contributed by atoms with van der Waals surface area (Å²) in [6.45, 7) is 0. The number of anilines is 1. The van der Waals surface area contributed by atoms with E-state index in [2.05, 4.69) is 15.3 Å². The van der Waals surface area contributed by atoms with Crippen molar-refractivity contribution in [3.05, 3.63) is 17.3 Å². The Balaban J connectivity index is 1.85. The molecule has 0 unspecified atom stereocenters. The average molecular weight is 316 g/mol. The minimum absolute atomic E-state index is 0.183. The molecule has 8 heteroatoms. The van der Waals surface area contributed by atoms with Gasteiger partial charge >= 0.3 is 6.18 Å². The predicted octanol–water partition coefficient (Wildman–Crippen LogP) is 3.09. The van der Waals surface area contributed by atoms with Gasteiger partial charge < -0.3 is 11.1 Å². The Morgan fingerprint density at radius 1 is 1.33 bits per heavy atom. The van der Waals surface area contributed by atoms with Crippen LogP contribution in [-0.4, -0.2) is 28.2 Å². The smallest absolute Gasteiger partial charge is 0.367 e. The van der Waals surface area contributed by atoms with Crippen LogP contribution in [0.1, 0.15) is 24.1 Å². The van der Waals surface area contributed by atoms with E-state index < -0.39 is 12.6 Å². The molecule has 1 aliphatic carbocycles. The maximum atomic E-state index is 12.5. The number of aromatic nitrogens is 2. The molecular weight excluding hydrogens is 301 g/mol. The minimum Gasteiger partial charge on any atom is -0.367 e. The molecule has 1 saturated carbocycles. The van der Waals surface area contributed by atoms with E-state index >= 15 is 0 Å². The molecule has 3 N–H and O–H groups in total. The molecule has 0 spiro atoms. The van der Waals surface area contributed by atoms with E-state index in [4.69, 9.17) is 5.73 Å². The third-order valence-electron chi connectivity index (χ3n) is 3.57. The predicted molar refractivity (Wildman–Crippen MR) is 76.4 cm³/mol. The van der Waals surface area contributed by atoms with E-state index in [1.165, 1.54) is 12.4 Å². The summed E-state index contributed by atoms with van der Waals surface area (Å²) < 4.78 is 37.4. The van der Waals surface area contributed by atoms with E-state index in [1.54, 1.807) is 0 Å². The van der Waals surface area contributed by atoms with Crippen molar-refractivity contribution in [1.29, 1.82) is 0 Å². The zero-order valence-electron chi connectivity index (χ0n) is 11.2. The second-order valence-electron chi connectivity index (χ2n) is 5.36. The van der Waals surface area contributed by atoms with Crippen LogP contribution in [0.2, 0.25) is 0 Å². The first kappa shape index (κ1) is 14.5. The van der Waals surface area contributed by atoms with Crippen LogP contribution in [0.4, 0.5) is 19.0 Å².